The Balaban J connectivity index is 3.26. The Hall–Kier alpha value is -1.53. The van der Waals surface area contributed by atoms with Crippen LogP contribution in [0, 0.1) is 5.92 Å². The van der Waals surface area contributed by atoms with E-state index in [1.165, 1.54) is 11.8 Å². The molecule has 7 heteroatoms. The van der Waals surface area contributed by atoms with Gasteiger partial charge in [-0.15, -0.1) is 11.8 Å². The molecule has 0 fully saturated rings. The van der Waals surface area contributed by atoms with E-state index < -0.39 is 17.9 Å². The van der Waals surface area contributed by atoms with Crippen LogP contribution in [0.25, 0.3) is 0 Å². The number of benzene rings is 1. The Morgan fingerprint density at radius 1 is 1.13 bits per heavy atom. The molecule has 0 unspecified atom stereocenters. The Morgan fingerprint density at radius 3 is 2.17 bits per heavy atom. The molecule has 0 radical (unpaired) electrons. The molecule has 0 aliphatic heterocycles. The molecule has 0 amide bonds. The molecule has 5 nitrogen and oxygen atoms in total. The Labute approximate surface area is 145 Å². The average molecular weight is 358 g/mol. The molecule has 0 atom stereocenters. The first-order valence-electron chi connectivity index (χ1n) is 7.34. The minimum absolute atomic E-state index is 0.172. The fourth-order valence-electron chi connectivity index (χ4n) is 1.74. The van der Waals surface area contributed by atoms with Crippen LogP contribution in [0.3, 0.4) is 0 Å². The van der Waals surface area contributed by atoms with Gasteiger partial charge in [0.25, 0.3) is 0 Å². The predicted molar refractivity (Wildman–Crippen MR) is 93.4 cm³/mol. The van der Waals surface area contributed by atoms with Gasteiger partial charge in [0.1, 0.15) is 0 Å². The van der Waals surface area contributed by atoms with Gasteiger partial charge >= 0.3 is 11.9 Å². The number of esters is 2. The van der Waals surface area contributed by atoms with Crippen molar-refractivity contribution in [3.63, 3.8) is 0 Å². The van der Waals surface area contributed by atoms with E-state index in [1.54, 1.807) is 38.1 Å². The van der Waals surface area contributed by atoms with Crippen molar-refractivity contribution in [2.75, 3.05) is 19.0 Å². The minimum Gasteiger partial charge on any atom is -0.465 e. The Morgan fingerprint density at radius 2 is 1.70 bits per heavy atom. The standard InChI is InChI=1S/C16H20ClNO4S/c1-4-21-15(19)13(16(20)22-5-2)14(23-6-3)18-12-10-8-7-9-11(12)17/h7-10,13H,4-6H2,1-3H3. The van der Waals surface area contributed by atoms with Gasteiger partial charge in [0.2, 0.25) is 5.92 Å². The molecule has 0 aliphatic carbocycles. The third kappa shape index (κ3) is 5.88. The zero-order valence-electron chi connectivity index (χ0n) is 13.4. The van der Waals surface area contributed by atoms with Crippen molar-refractivity contribution in [1.29, 1.82) is 0 Å². The predicted octanol–water partition coefficient (Wildman–Crippen LogP) is 3.87. The molecule has 0 spiro atoms. The first-order valence-corrected chi connectivity index (χ1v) is 8.70. The third-order valence-electron chi connectivity index (χ3n) is 2.67. The highest BCUT2D eigenvalue weighted by Gasteiger charge is 2.35. The number of para-hydroxylation sites is 1. The molecule has 1 rings (SSSR count). The molecular weight excluding hydrogens is 338 g/mol. The molecule has 0 aliphatic rings. The topological polar surface area (TPSA) is 65.0 Å². The molecular formula is C16H20ClNO4S. The molecule has 0 saturated heterocycles. The maximum Gasteiger partial charge on any atom is 0.327 e. The summed E-state index contributed by atoms with van der Waals surface area (Å²) < 4.78 is 10.00. The second-order valence-corrected chi connectivity index (χ2v) is 5.96. The number of carbonyl (C=O) groups excluding carboxylic acids is 2. The number of ether oxygens (including phenoxy) is 2. The number of nitrogens with zero attached hydrogens (tertiary/aromatic N) is 1. The summed E-state index contributed by atoms with van der Waals surface area (Å²) in [5, 5.41) is 0.755. The molecule has 1 aromatic carbocycles. The maximum atomic E-state index is 12.2. The second-order valence-electron chi connectivity index (χ2n) is 4.27. The van der Waals surface area contributed by atoms with Crippen molar-refractivity contribution in [3.05, 3.63) is 29.3 Å². The normalized spacial score (nSPS) is 11.4. The number of halogens is 1. The lowest BCUT2D eigenvalue weighted by Crippen LogP contribution is -2.33. The van der Waals surface area contributed by atoms with Crippen LogP contribution >= 0.6 is 23.4 Å². The van der Waals surface area contributed by atoms with Crippen molar-refractivity contribution < 1.29 is 19.1 Å². The van der Waals surface area contributed by atoms with Gasteiger partial charge in [-0.3, -0.25) is 9.59 Å². The summed E-state index contributed by atoms with van der Waals surface area (Å²) in [5.41, 5.74) is 0.490. The molecule has 126 valence electrons. The second kappa shape index (κ2) is 10.3. The van der Waals surface area contributed by atoms with Crippen LogP contribution in [-0.2, 0) is 19.1 Å². The summed E-state index contributed by atoms with van der Waals surface area (Å²) in [4.78, 5) is 28.8. The number of thioether (sulfide) groups is 1. The first kappa shape index (κ1) is 19.5. The number of hydrogen-bond donors (Lipinski definition) is 0. The molecule has 0 bridgehead atoms. The van der Waals surface area contributed by atoms with Gasteiger partial charge in [-0.1, -0.05) is 30.7 Å². The zero-order chi connectivity index (χ0) is 17.2. The van der Waals surface area contributed by atoms with Gasteiger partial charge in [-0.2, -0.15) is 0 Å². The number of hydrogen-bond acceptors (Lipinski definition) is 6. The van der Waals surface area contributed by atoms with E-state index >= 15 is 0 Å². The summed E-state index contributed by atoms with van der Waals surface area (Å²) in [5.74, 6) is -1.90. The number of rotatable bonds is 7. The lowest BCUT2D eigenvalue weighted by Gasteiger charge is -2.16. The van der Waals surface area contributed by atoms with Crippen LogP contribution in [0.2, 0.25) is 5.02 Å². The van der Waals surface area contributed by atoms with Crippen LogP contribution in [0.4, 0.5) is 5.69 Å². The van der Waals surface area contributed by atoms with E-state index in [4.69, 9.17) is 21.1 Å². The van der Waals surface area contributed by atoms with Crippen molar-refractivity contribution in [1.82, 2.24) is 0 Å². The highest BCUT2D eigenvalue weighted by atomic mass is 35.5. The van der Waals surface area contributed by atoms with Crippen molar-refractivity contribution in [2.45, 2.75) is 20.8 Å². The third-order valence-corrected chi connectivity index (χ3v) is 3.90. The molecule has 1 aromatic rings. The molecule has 0 saturated carbocycles. The zero-order valence-corrected chi connectivity index (χ0v) is 14.9. The Bertz CT molecular complexity index is 559. The number of carbonyl (C=O) groups is 2. The largest absolute Gasteiger partial charge is 0.465 e. The summed E-state index contributed by atoms with van der Waals surface area (Å²) in [6, 6.07) is 6.97. The van der Waals surface area contributed by atoms with Gasteiger partial charge in [0.05, 0.1) is 29.0 Å². The summed E-state index contributed by atoms with van der Waals surface area (Å²) in [6.07, 6.45) is 0. The Kier molecular flexibility index (Phi) is 8.73. The van der Waals surface area contributed by atoms with Crippen molar-refractivity contribution in [2.24, 2.45) is 10.9 Å². The number of aliphatic imine (C=N–C) groups is 1. The summed E-state index contributed by atoms with van der Waals surface area (Å²) >= 11 is 7.39. The van der Waals surface area contributed by atoms with E-state index in [0.29, 0.717) is 21.5 Å². The quantitative estimate of drug-likeness (QED) is 0.321. The molecule has 0 aromatic heterocycles. The average Bonchev–Trinajstić information content (AvgIpc) is 2.50. The van der Waals surface area contributed by atoms with Crippen LogP contribution in [0.15, 0.2) is 29.3 Å². The van der Waals surface area contributed by atoms with Crippen LogP contribution < -0.4 is 0 Å². The summed E-state index contributed by atoms with van der Waals surface area (Å²) in [7, 11) is 0. The smallest absolute Gasteiger partial charge is 0.327 e. The van der Waals surface area contributed by atoms with Gasteiger partial charge in [0, 0.05) is 0 Å². The molecule has 23 heavy (non-hydrogen) atoms. The van der Waals surface area contributed by atoms with E-state index in [1.807, 2.05) is 6.92 Å². The van der Waals surface area contributed by atoms with E-state index in [0.717, 1.165) is 0 Å². The van der Waals surface area contributed by atoms with Gasteiger partial charge in [-0.05, 0) is 31.7 Å². The van der Waals surface area contributed by atoms with E-state index in [2.05, 4.69) is 4.99 Å². The van der Waals surface area contributed by atoms with Crippen LogP contribution in [0.5, 0.6) is 0 Å². The van der Waals surface area contributed by atoms with Gasteiger partial charge in [0.15, 0.2) is 0 Å². The maximum absolute atomic E-state index is 12.2. The van der Waals surface area contributed by atoms with Crippen molar-refractivity contribution in [3.8, 4) is 0 Å². The fourth-order valence-corrected chi connectivity index (χ4v) is 2.73. The summed E-state index contributed by atoms with van der Waals surface area (Å²) in [6.45, 7) is 5.60. The van der Waals surface area contributed by atoms with E-state index in [9.17, 15) is 9.59 Å². The van der Waals surface area contributed by atoms with Gasteiger partial charge < -0.3 is 9.47 Å². The SMILES string of the molecule is CCOC(=O)C(C(=O)OCC)C(=Nc1ccccc1Cl)SCC. The highest BCUT2D eigenvalue weighted by molar-refractivity contribution is 8.14. The molecule has 0 N–H and O–H groups in total. The van der Waals surface area contributed by atoms with Crippen molar-refractivity contribution >= 4 is 46.0 Å². The lowest BCUT2D eigenvalue weighted by molar-refractivity contribution is -0.157. The van der Waals surface area contributed by atoms with E-state index in [-0.39, 0.29) is 13.2 Å². The van der Waals surface area contributed by atoms with Gasteiger partial charge in [-0.25, -0.2) is 4.99 Å². The van der Waals surface area contributed by atoms with Crippen LogP contribution in [0.1, 0.15) is 20.8 Å². The highest BCUT2D eigenvalue weighted by Crippen LogP contribution is 2.28. The molecule has 0 heterocycles. The monoisotopic (exact) mass is 357 g/mol. The first-order chi connectivity index (χ1) is 11.0. The van der Waals surface area contributed by atoms with Crippen LogP contribution in [-0.4, -0.2) is 35.9 Å². The minimum atomic E-state index is -1.20. The lowest BCUT2D eigenvalue weighted by atomic mass is 10.1. The fraction of sp³-hybridized carbons (Fsp3) is 0.438.